The zero-order chi connectivity index (χ0) is 24.2. The molecule has 0 saturated carbocycles. The summed E-state index contributed by atoms with van der Waals surface area (Å²) in [5.41, 5.74) is 13.0. The Bertz CT molecular complexity index is 1190. The van der Waals surface area contributed by atoms with Crippen molar-refractivity contribution in [3.05, 3.63) is 88.7 Å². The van der Waals surface area contributed by atoms with Crippen molar-refractivity contribution in [1.82, 2.24) is 0 Å². The van der Waals surface area contributed by atoms with Crippen LogP contribution in [0.5, 0.6) is 0 Å². The SMILES string of the molecule is C/C=C\c1cc(-c2cccc(-c3ccccc3C)c2CC)cc(F)c1CCC(C)(C)C(N)=O. The van der Waals surface area contributed by atoms with Crippen LogP contribution in [0.2, 0.25) is 0 Å². The summed E-state index contributed by atoms with van der Waals surface area (Å²) in [4.78, 5) is 11.7. The molecule has 0 aromatic heterocycles. The minimum absolute atomic E-state index is 0.246. The second-order valence-electron chi connectivity index (χ2n) is 9.27. The third-order valence-corrected chi connectivity index (χ3v) is 6.52. The molecule has 0 aliphatic rings. The van der Waals surface area contributed by atoms with E-state index in [1.54, 1.807) is 6.07 Å². The summed E-state index contributed by atoms with van der Waals surface area (Å²) < 4.78 is 15.5. The smallest absolute Gasteiger partial charge is 0.223 e. The lowest BCUT2D eigenvalue weighted by molar-refractivity contribution is -0.126. The molecule has 1 amide bonds. The van der Waals surface area contributed by atoms with E-state index in [2.05, 4.69) is 50.2 Å². The van der Waals surface area contributed by atoms with Crippen molar-refractivity contribution < 1.29 is 9.18 Å². The van der Waals surface area contributed by atoms with Gasteiger partial charge in [-0.05, 0) is 89.8 Å². The average Bonchev–Trinajstić information content (AvgIpc) is 2.78. The summed E-state index contributed by atoms with van der Waals surface area (Å²) in [6.07, 6.45) is 5.65. The fourth-order valence-corrected chi connectivity index (χ4v) is 4.33. The van der Waals surface area contributed by atoms with Gasteiger partial charge in [-0.2, -0.15) is 0 Å². The number of hydrogen-bond donors (Lipinski definition) is 1. The molecule has 0 aliphatic heterocycles. The molecule has 0 heterocycles. The first-order chi connectivity index (χ1) is 15.7. The topological polar surface area (TPSA) is 43.1 Å². The monoisotopic (exact) mass is 443 g/mol. The van der Waals surface area contributed by atoms with Gasteiger partial charge in [-0.1, -0.05) is 75.4 Å². The predicted molar refractivity (Wildman–Crippen MR) is 137 cm³/mol. The molecule has 0 aliphatic carbocycles. The Kier molecular flexibility index (Phi) is 7.53. The first-order valence-corrected chi connectivity index (χ1v) is 11.6. The van der Waals surface area contributed by atoms with Gasteiger partial charge in [0.15, 0.2) is 0 Å². The molecule has 3 aromatic carbocycles. The number of nitrogens with two attached hydrogens (primary N) is 1. The second-order valence-corrected chi connectivity index (χ2v) is 9.27. The third kappa shape index (κ3) is 5.24. The van der Waals surface area contributed by atoms with Crippen LogP contribution in [0, 0.1) is 18.2 Å². The van der Waals surface area contributed by atoms with Crippen molar-refractivity contribution in [2.75, 3.05) is 0 Å². The number of aryl methyl sites for hydroxylation is 1. The molecular formula is C30H34FNO. The van der Waals surface area contributed by atoms with Gasteiger partial charge < -0.3 is 5.73 Å². The molecule has 33 heavy (non-hydrogen) atoms. The van der Waals surface area contributed by atoms with E-state index in [1.807, 2.05) is 45.1 Å². The second kappa shape index (κ2) is 10.2. The van der Waals surface area contributed by atoms with E-state index in [0.29, 0.717) is 18.4 Å². The quantitative estimate of drug-likeness (QED) is 0.385. The first-order valence-electron chi connectivity index (χ1n) is 11.6. The number of hydrogen-bond acceptors (Lipinski definition) is 1. The minimum Gasteiger partial charge on any atom is -0.369 e. The molecule has 3 rings (SSSR count). The van der Waals surface area contributed by atoms with Crippen molar-refractivity contribution in [2.45, 2.75) is 53.9 Å². The molecular weight excluding hydrogens is 409 g/mol. The zero-order valence-electron chi connectivity index (χ0n) is 20.3. The maximum absolute atomic E-state index is 15.5. The standard InChI is InChI=1S/C30H34FNO/c1-6-11-21-18-22(19-28(31)26(21)16-17-30(4,5)29(32)33)25-14-10-15-27(23(25)7-2)24-13-9-8-12-20(24)3/h6,8-15,18-19H,7,16-17H2,1-5H3,(H2,32,33)/b11-6-. The van der Waals surface area contributed by atoms with Gasteiger partial charge in [-0.3, -0.25) is 4.79 Å². The molecule has 3 heteroatoms. The summed E-state index contributed by atoms with van der Waals surface area (Å²) in [5, 5.41) is 0. The molecule has 172 valence electrons. The van der Waals surface area contributed by atoms with Crippen LogP contribution < -0.4 is 5.73 Å². The van der Waals surface area contributed by atoms with E-state index in [9.17, 15) is 4.79 Å². The Hall–Kier alpha value is -3.20. The van der Waals surface area contributed by atoms with E-state index < -0.39 is 5.41 Å². The molecule has 2 nitrogen and oxygen atoms in total. The maximum Gasteiger partial charge on any atom is 0.223 e. The summed E-state index contributed by atoms with van der Waals surface area (Å²) in [6.45, 7) is 9.80. The largest absolute Gasteiger partial charge is 0.369 e. The Morgan fingerprint density at radius 2 is 1.67 bits per heavy atom. The van der Waals surface area contributed by atoms with Crippen LogP contribution in [-0.4, -0.2) is 5.91 Å². The Labute approximate surface area is 197 Å². The van der Waals surface area contributed by atoms with E-state index in [-0.39, 0.29) is 11.7 Å². The van der Waals surface area contributed by atoms with Gasteiger partial charge in [0.25, 0.3) is 0 Å². The van der Waals surface area contributed by atoms with E-state index in [1.165, 1.54) is 22.3 Å². The molecule has 2 N–H and O–H groups in total. The molecule has 0 saturated heterocycles. The van der Waals surface area contributed by atoms with Gasteiger partial charge in [0.1, 0.15) is 5.82 Å². The van der Waals surface area contributed by atoms with Gasteiger partial charge in [0, 0.05) is 5.41 Å². The Morgan fingerprint density at radius 1 is 1.00 bits per heavy atom. The van der Waals surface area contributed by atoms with Crippen LogP contribution in [0.4, 0.5) is 4.39 Å². The van der Waals surface area contributed by atoms with Gasteiger partial charge in [0.05, 0.1) is 0 Å². The third-order valence-electron chi connectivity index (χ3n) is 6.52. The number of amides is 1. The number of rotatable bonds is 8. The van der Waals surface area contributed by atoms with Crippen molar-refractivity contribution >= 4 is 12.0 Å². The highest BCUT2D eigenvalue weighted by Crippen LogP contribution is 2.36. The summed E-state index contributed by atoms with van der Waals surface area (Å²) in [7, 11) is 0. The minimum atomic E-state index is -0.685. The number of carbonyl (C=O) groups is 1. The van der Waals surface area contributed by atoms with Crippen molar-refractivity contribution in [2.24, 2.45) is 11.1 Å². The lowest BCUT2D eigenvalue weighted by Crippen LogP contribution is -2.32. The molecule has 0 spiro atoms. The van der Waals surface area contributed by atoms with E-state index in [0.717, 1.165) is 23.1 Å². The van der Waals surface area contributed by atoms with Gasteiger partial charge in [-0.25, -0.2) is 4.39 Å². The fraction of sp³-hybridized carbons (Fsp3) is 0.300. The molecule has 0 fully saturated rings. The van der Waals surface area contributed by atoms with Crippen LogP contribution in [0.3, 0.4) is 0 Å². The van der Waals surface area contributed by atoms with Crippen LogP contribution in [-0.2, 0) is 17.6 Å². The van der Waals surface area contributed by atoms with Crippen LogP contribution in [0.1, 0.15) is 56.4 Å². The molecule has 3 aromatic rings. The Balaban J connectivity index is 2.12. The fourth-order valence-electron chi connectivity index (χ4n) is 4.33. The van der Waals surface area contributed by atoms with Gasteiger partial charge >= 0.3 is 0 Å². The number of allylic oxidation sites excluding steroid dienone is 1. The lowest BCUT2D eigenvalue weighted by Gasteiger charge is -2.21. The lowest BCUT2D eigenvalue weighted by atomic mass is 9.83. The first kappa shape index (κ1) is 24.4. The number of primary amides is 1. The highest BCUT2D eigenvalue weighted by molar-refractivity contribution is 5.81. The molecule has 0 unspecified atom stereocenters. The summed E-state index contributed by atoms with van der Waals surface area (Å²) in [5.74, 6) is -0.614. The van der Waals surface area contributed by atoms with Gasteiger partial charge in [-0.15, -0.1) is 0 Å². The maximum atomic E-state index is 15.5. The number of carbonyl (C=O) groups excluding carboxylic acids is 1. The van der Waals surface area contributed by atoms with Crippen molar-refractivity contribution in [1.29, 1.82) is 0 Å². The number of halogens is 1. The summed E-state index contributed by atoms with van der Waals surface area (Å²) in [6, 6.07) is 18.3. The van der Waals surface area contributed by atoms with Crippen molar-refractivity contribution in [3.63, 3.8) is 0 Å². The molecule has 0 radical (unpaired) electrons. The predicted octanol–water partition coefficient (Wildman–Crippen LogP) is 7.51. The highest BCUT2D eigenvalue weighted by atomic mass is 19.1. The van der Waals surface area contributed by atoms with E-state index in [4.69, 9.17) is 5.73 Å². The Morgan fingerprint density at radius 3 is 2.30 bits per heavy atom. The van der Waals surface area contributed by atoms with Crippen LogP contribution in [0.15, 0.2) is 60.7 Å². The van der Waals surface area contributed by atoms with E-state index >= 15 is 4.39 Å². The van der Waals surface area contributed by atoms with Gasteiger partial charge in [0.2, 0.25) is 5.91 Å². The number of benzene rings is 3. The highest BCUT2D eigenvalue weighted by Gasteiger charge is 2.25. The zero-order valence-corrected chi connectivity index (χ0v) is 20.3. The molecule has 0 atom stereocenters. The van der Waals surface area contributed by atoms with Crippen LogP contribution in [0.25, 0.3) is 28.3 Å². The van der Waals surface area contributed by atoms with Crippen molar-refractivity contribution in [3.8, 4) is 22.3 Å². The van der Waals surface area contributed by atoms with Crippen LogP contribution >= 0.6 is 0 Å². The molecule has 0 bridgehead atoms. The summed E-state index contributed by atoms with van der Waals surface area (Å²) >= 11 is 0. The average molecular weight is 444 g/mol. The normalized spacial score (nSPS) is 11.8.